The zero-order chi connectivity index (χ0) is 16.0. The largest absolute Gasteiger partial charge is 0.396 e. The molecule has 3 unspecified atom stereocenters. The number of likely N-dealkylation sites (tertiary alicyclic amines) is 1. The summed E-state index contributed by atoms with van der Waals surface area (Å²) in [5.41, 5.74) is -0.0299. The van der Waals surface area contributed by atoms with E-state index in [-0.39, 0.29) is 30.1 Å². The first kappa shape index (κ1) is 18.2. The molecule has 1 heterocycles. The van der Waals surface area contributed by atoms with E-state index in [1.165, 1.54) is 12.8 Å². The van der Waals surface area contributed by atoms with E-state index >= 15 is 0 Å². The first-order valence-electron chi connectivity index (χ1n) is 8.16. The number of nitrogens with one attached hydrogen (secondary N) is 2. The Morgan fingerprint density at radius 1 is 1.43 bits per heavy atom. The van der Waals surface area contributed by atoms with Crippen molar-refractivity contribution in [3.63, 3.8) is 0 Å². The second kappa shape index (κ2) is 7.99. The number of aliphatic hydroxyl groups is 1. The molecule has 1 saturated heterocycles. The maximum atomic E-state index is 11.9. The molecule has 2 amide bonds. The molecule has 1 fully saturated rings. The molecular formula is C16H33N3O2. The molecule has 21 heavy (non-hydrogen) atoms. The fourth-order valence-corrected chi connectivity index (χ4v) is 2.71. The summed E-state index contributed by atoms with van der Waals surface area (Å²) in [5.74, 6) is 0.795. The third kappa shape index (κ3) is 5.83. The van der Waals surface area contributed by atoms with Crippen molar-refractivity contribution in [3.8, 4) is 0 Å². The number of piperidine rings is 1. The summed E-state index contributed by atoms with van der Waals surface area (Å²) in [5, 5.41) is 15.0. The second-order valence-electron chi connectivity index (χ2n) is 7.28. The van der Waals surface area contributed by atoms with Gasteiger partial charge in [0, 0.05) is 31.3 Å². The number of carbonyl (C=O) groups excluding carboxylic acids is 1. The number of carbonyl (C=O) groups is 1. The Balaban J connectivity index is 2.40. The fourth-order valence-electron chi connectivity index (χ4n) is 2.71. The lowest BCUT2D eigenvalue weighted by Crippen LogP contribution is -2.56. The fraction of sp³-hybridized carbons (Fsp3) is 0.938. The maximum Gasteiger partial charge on any atom is 0.315 e. The Morgan fingerprint density at radius 2 is 2.10 bits per heavy atom. The topological polar surface area (TPSA) is 64.6 Å². The highest BCUT2D eigenvalue weighted by atomic mass is 16.3. The summed E-state index contributed by atoms with van der Waals surface area (Å²) in [6.07, 6.45) is 2.54. The number of hydrogen-bond donors (Lipinski definition) is 3. The molecule has 0 bridgehead atoms. The number of rotatable bonds is 6. The highest BCUT2D eigenvalue weighted by molar-refractivity contribution is 5.74. The second-order valence-corrected chi connectivity index (χ2v) is 7.28. The molecule has 0 aromatic heterocycles. The predicted molar refractivity (Wildman–Crippen MR) is 86.3 cm³/mol. The minimum Gasteiger partial charge on any atom is -0.396 e. The summed E-state index contributed by atoms with van der Waals surface area (Å²) in [7, 11) is 0. The lowest BCUT2D eigenvalue weighted by Gasteiger charge is -2.43. The van der Waals surface area contributed by atoms with Crippen molar-refractivity contribution >= 4 is 6.03 Å². The van der Waals surface area contributed by atoms with Crippen LogP contribution in [0.25, 0.3) is 0 Å². The number of hydrogen-bond acceptors (Lipinski definition) is 3. The standard InChI is InChI=1S/C16H33N3O2/c1-12-7-6-8-19(9-12)16(4,5)11-17-15(21)18-14(3)13(2)10-20/h12-14,20H,6-11H2,1-5H3,(H2,17,18,21). The number of amides is 2. The van der Waals surface area contributed by atoms with Crippen LogP contribution in [0, 0.1) is 11.8 Å². The molecule has 3 atom stereocenters. The van der Waals surface area contributed by atoms with Gasteiger partial charge in [-0.05, 0) is 52.0 Å². The Morgan fingerprint density at radius 3 is 2.67 bits per heavy atom. The quantitative estimate of drug-likeness (QED) is 0.701. The average Bonchev–Trinajstić information content (AvgIpc) is 2.44. The first-order chi connectivity index (χ1) is 9.76. The number of aliphatic hydroxyl groups excluding tert-OH is 1. The van der Waals surface area contributed by atoms with E-state index in [0.29, 0.717) is 6.54 Å². The molecule has 1 aliphatic rings. The van der Waals surface area contributed by atoms with Crippen molar-refractivity contribution in [1.29, 1.82) is 0 Å². The molecule has 0 aromatic rings. The highest BCUT2D eigenvalue weighted by Crippen LogP contribution is 2.23. The van der Waals surface area contributed by atoms with Gasteiger partial charge in [-0.25, -0.2) is 4.79 Å². The smallest absolute Gasteiger partial charge is 0.315 e. The van der Waals surface area contributed by atoms with Crippen molar-refractivity contribution < 1.29 is 9.90 Å². The van der Waals surface area contributed by atoms with Gasteiger partial charge in [0.2, 0.25) is 0 Å². The van der Waals surface area contributed by atoms with Crippen LogP contribution in [0.2, 0.25) is 0 Å². The third-order valence-corrected chi connectivity index (χ3v) is 4.69. The van der Waals surface area contributed by atoms with Crippen LogP contribution in [0.3, 0.4) is 0 Å². The van der Waals surface area contributed by atoms with E-state index < -0.39 is 0 Å². The summed E-state index contributed by atoms with van der Waals surface area (Å²) >= 11 is 0. The molecule has 0 radical (unpaired) electrons. The van der Waals surface area contributed by atoms with E-state index in [9.17, 15) is 4.79 Å². The van der Waals surface area contributed by atoms with Crippen molar-refractivity contribution in [3.05, 3.63) is 0 Å². The number of urea groups is 1. The third-order valence-electron chi connectivity index (χ3n) is 4.69. The van der Waals surface area contributed by atoms with Crippen LogP contribution in [0.4, 0.5) is 4.79 Å². The highest BCUT2D eigenvalue weighted by Gasteiger charge is 2.30. The normalized spacial score (nSPS) is 23.4. The minimum absolute atomic E-state index is 0.0299. The van der Waals surface area contributed by atoms with Gasteiger partial charge in [-0.1, -0.05) is 13.8 Å². The van der Waals surface area contributed by atoms with Crippen molar-refractivity contribution in [2.24, 2.45) is 11.8 Å². The van der Waals surface area contributed by atoms with Crippen LogP contribution in [-0.4, -0.2) is 53.9 Å². The van der Waals surface area contributed by atoms with E-state index in [4.69, 9.17) is 5.11 Å². The van der Waals surface area contributed by atoms with Crippen LogP contribution in [0.1, 0.15) is 47.5 Å². The SMILES string of the molecule is CC1CCCN(C(C)(C)CNC(=O)NC(C)C(C)CO)C1. The van der Waals surface area contributed by atoms with E-state index in [0.717, 1.165) is 19.0 Å². The van der Waals surface area contributed by atoms with Crippen molar-refractivity contribution in [2.75, 3.05) is 26.2 Å². The van der Waals surface area contributed by atoms with Gasteiger partial charge in [0.15, 0.2) is 0 Å². The molecular weight excluding hydrogens is 266 g/mol. The van der Waals surface area contributed by atoms with Crippen LogP contribution >= 0.6 is 0 Å². The van der Waals surface area contributed by atoms with E-state index in [2.05, 4.69) is 36.3 Å². The predicted octanol–water partition coefficient (Wildman–Crippen LogP) is 1.81. The van der Waals surface area contributed by atoms with Gasteiger partial charge in [-0.15, -0.1) is 0 Å². The molecule has 0 aromatic carbocycles. The Bertz CT molecular complexity index is 333. The van der Waals surface area contributed by atoms with Gasteiger partial charge >= 0.3 is 6.03 Å². The van der Waals surface area contributed by atoms with Gasteiger partial charge in [0.05, 0.1) is 0 Å². The zero-order valence-corrected chi connectivity index (χ0v) is 14.3. The Kier molecular flexibility index (Phi) is 6.94. The molecule has 124 valence electrons. The maximum absolute atomic E-state index is 11.9. The van der Waals surface area contributed by atoms with Crippen LogP contribution in [0.5, 0.6) is 0 Å². The van der Waals surface area contributed by atoms with Crippen LogP contribution in [-0.2, 0) is 0 Å². The molecule has 5 nitrogen and oxygen atoms in total. The molecule has 1 rings (SSSR count). The Labute approximate surface area is 129 Å². The summed E-state index contributed by atoms with van der Waals surface area (Å²) in [6.45, 7) is 13.4. The van der Waals surface area contributed by atoms with E-state index in [1.54, 1.807) is 0 Å². The minimum atomic E-state index is -0.152. The molecule has 3 N–H and O–H groups in total. The lowest BCUT2D eigenvalue weighted by atomic mass is 9.93. The van der Waals surface area contributed by atoms with Gasteiger partial charge < -0.3 is 15.7 Å². The van der Waals surface area contributed by atoms with Crippen LogP contribution in [0.15, 0.2) is 0 Å². The lowest BCUT2D eigenvalue weighted by molar-refractivity contribution is 0.0722. The Hall–Kier alpha value is -0.810. The van der Waals surface area contributed by atoms with Crippen molar-refractivity contribution in [1.82, 2.24) is 15.5 Å². The van der Waals surface area contributed by atoms with E-state index in [1.807, 2.05) is 13.8 Å². The summed E-state index contributed by atoms with van der Waals surface area (Å²) in [4.78, 5) is 14.4. The van der Waals surface area contributed by atoms with Crippen LogP contribution < -0.4 is 10.6 Å². The zero-order valence-electron chi connectivity index (χ0n) is 14.3. The molecule has 5 heteroatoms. The monoisotopic (exact) mass is 299 g/mol. The summed E-state index contributed by atoms with van der Waals surface area (Å²) in [6, 6.07) is -0.186. The summed E-state index contributed by atoms with van der Waals surface area (Å²) < 4.78 is 0. The first-order valence-corrected chi connectivity index (χ1v) is 8.16. The van der Waals surface area contributed by atoms with Gasteiger partial charge in [-0.2, -0.15) is 0 Å². The molecule has 1 aliphatic heterocycles. The van der Waals surface area contributed by atoms with Gasteiger partial charge in [0.25, 0.3) is 0 Å². The molecule has 0 aliphatic carbocycles. The van der Waals surface area contributed by atoms with Gasteiger partial charge in [-0.3, -0.25) is 4.90 Å². The van der Waals surface area contributed by atoms with Gasteiger partial charge in [0.1, 0.15) is 0 Å². The molecule has 0 saturated carbocycles. The average molecular weight is 299 g/mol. The van der Waals surface area contributed by atoms with Crippen molar-refractivity contribution in [2.45, 2.75) is 59.0 Å². The number of nitrogens with zero attached hydrogens (tertiary/aromatic N) is 1. The molecule has 0 spiro atoms.